The first kappa shape index (κ1) is 24.0. The number of hydrogen-bond donors (Lipinski definition) is 1. The Balaban J connectivity index is 0.000000178. The van der Waals surface area contributed by atoms with E-state index in [2.05, 4.69) is 49.0 Å². The average molecular weight is 538 g/mol. The number of halogens is 1. The van der Waals surface area contributed by atoms with Crippen molar-refractivity contribution >= 4 is 26.8 Å². The molecule has 1 aliphatic heterocycles. The van der Waals surface area contributed by atoms with Gasteiger partial charge in [-0.2, -0.15) is 0 Å². The van der Waals surface area contributed by atoms with Crippen LogP contribution in [-0.2, 0) is 13.6 Å². The molecule has 8 heteroatoms. The van der Waals surface area contributed by atoms with Crippen molar-refractivity contribution in [2.45, 2.75) is 51.5 Å². The van der Waals surface area contributed by atoms with E-state index >= 15 is 0 Å². The predicted molar refractivity (Wildman–Crippen MR) is 143 cm³/mol. The Morgan fingerprint density at radius 2 is 1.89 bits per heavy atom. The van der Waals surface area contributed by atoms with Crippen LogP contribution in [0.1, 0.15) is 56.5 Å². The molecule has 1 aliphatic carbocycles. The number of rotatable bonds is 5. The van der Waals surface area contributed by atoms with Crippen LogP contribution in [-0.4, -0.2) is 42.3 Å². The maximum absolute atomic E-state index is 12.8. The van der Waals surface area contributed by atoms with E-state index in [1.54, 1.807) is 10.9 Å². The van der Waals surface area contributed by atoms with Crippen molar-refractivity contribution in [2.24, 2.45) is 13.0 Å². The molecule has 0 atom stereocenters. The lowest BCUT2D eigenvalue weighted by Gasteiger charge is -2.33. The zero-order valence-electron chi connectivity index (χ0n) is 20.5. The van der Waals surface area contributed by atoms with Gasteiger partial charge in [-0.1, -0.05) is 31.5 Å². The van der Waals surface area contributed by atoms with Crippen LogP contribution < -0.4 is 5.56 Å². The third-order valence-electron chi connectivity index (χ3n) is 7.36. The molecule has 3 aromatic heterocycles. The minimum atomic E-state index is -0.0120. The Hall–Kier alpha value is -2.71. The van der Waals surface area contributed by atoms with Gasteiger partial charge in [-0.3, -0.25) is 14.3 Å². The smallest absolute Gasteiger partial charge is 0.279 e. The lowest BCUT2D eigenvalue weighted by molar-refractivity contribution is 0.243. The Morgan fingerprint density at radius 3 is 2.54 bits per heavy atom. The fourth-order valence-corrected chi connectivity index (χ4v) is 5.74. The molecule has 0 amide bonds. The lowest BCUT2D eigenvalue weighted by Crippen LogP contribution is -2.23. The molecule has 184 valence electrons. The second-order valence-electron chi connectivity index (χ2n) is 9.80. The number of pyridine rings is 1. The Kier molecular flexibility index (Phi) is 7.20. The summed E-state index contributed by atoms with van der Waals surface area (Å²) in [6.45, 7) is 5.43. The quantitative estimate of drug-likeness (QED) is 0.370. The van der Waals surface area contributed by atoms with Crippen molar-refractivity contribution in [1.29, 1.82) is 0 Å². The van der Waals surface area contributed by atoms with Crippen LogP contribution in [0, 0.1) is 5.92 Å². The zero-order chi connectivity index (χ0) is 24.4. The number of aromatic nitrogens is 5. The summed E-state index contributed by atoms with van der Waals surface area (Å²) in [5, 5.41) is 8.96. The summed E-state index contributed by atoms with van der Waals surface area (Å²) in [7, 11) is 2.02. The van der Waals surface area contributed by atoms with Gasteiger partial charge < -0.3 is 9.55 Å². The molecule has 0 radical (unpaired) electrons. The molecular formula is C27H33BrN6O. The maximum atomic E-state index is 12.8. The van der Waals surface area contributed by atoms with E-state index < -0.39 is 0 Å². The number of fused-ring (bicyclic) bond motifs is 1. The standard InChI is InChI=1S/C18H18BrN3O.C9H15N3/c19-16-12-22(14-6-2-1-3-7-14)18(23)17-15(16)10-13(20-17)11-21-8-4-5-9-21;1-3-7-4-8(5-7)9-11-10-6-12(9)2/h1-3,6-7,10,12,20H,4-5,8-9,11H2;6-8H,3-5H2,1-2H3. The molecule has 6 rings (SSSR count). The molecule has 0 spiro atoms. The van der Waals surface area contributed by atoms with E-state index in [0.717, 1.165) is 46.8 Å². The van der Waals surface area contributed by atoms with Gasteiger partial charge in [0.1, 0.15) is 17.7 Å². The molecule has 2 fully saturated rings. The summed E-state index contributed by atoms with van der Waals surface area (Å²) in [5.74, 6) is 2.79. The van der Waals surface area contributed by atoms with E-state index in [9.17, 15) is 4.79 Å². The number of hydrogen-bond acceptors (Lipinski definition) is 4. The summed E-state index contributed by atoms with van der Waals surface area (Å²) in [5.41, 5.74) is 2.63. The molecule has 0 unspecified atom stereocenters. The van der Waals surface area contributed by atoms with Gasteiger partial charge in [0.15, 0.2) is 0 Å². The van der Waals surface area contributed by atoms with Crippen LogP contribution in [0.5, 0.6) is 0 Å². The number of nitrogens with one attached hydrogen (secondary N) is 1. The van der Waals surface area contributed by atoms with Gasteiger partial charge in [0, 0.05) is 46.9 Å². The monoisotopic (exact) mass is 536 g/mol. The van der Waals surface area contributed by atoms with Gasteiger partial charge >= 0.3 is 0 Å². The highest BCUT2D eigenvalue weighted by Crippen LogP contribution is 2.41. The van der Waals surface area contributed by atoms with E-state index in [-0.39, 0.29) is 5.56 Å². The number of aryl methyl sites for hydroxylation is 1. The fourth-order valence-electron chi connectivity index (χ4n) is 5.22. The molecule has 1 saturated carbocycles. The van der Waals surface area contributed by atoms with Crippen LogP contribution in [0.2, 0.25) is 0 Å². The SMILES string of the molecule is CCC1CC(c2nncn2C)C1.O=c1c2[nH]c(CN3CCCC3)cc2c(Br)cn1-c1ccccc1. The number of para-hydroxylation sites is 1. The van der Waals surface area contributed by atoms with Crippen LogP contribution in [0.15, 0.2) is 58.2 Å². The highest BCUT2D eigenvalue weighted by atomic mass is 79.9. The van der Waals surface area contributed by atoms with Gasteiger partial charge in [0.2, 0.25) is 0 Å². The topological polar surface area (TPSA) is 71.7 Å². The highest BCUT2D eigenvalue weighted by Gasteiger charge is 2.31. The Bertz CT molecular complexity index is 1330. The first-order chi connectivity index (χ1) is 17.0. The normalized spacial score (nSPS) is 20.0. The summed E-state index contributed by atoms with van der Waals surface area (Å²) in [4.78, 5) is 18.6. The van der Waals surface area contributed by atoms with Crippen LogP contribution in [0.4, 0.5) is 0 Å². The van der Waals surface area contributed by atoms with Gasteiger partial charge in [-0.25, -0.2) is 0 Å². The first-order valence-electron chi connectivity index (χ1n) is 12.6. The summed E-state index contributed by atoms with van der Waals surface area (Å²) < 4.78 is 4.65. The van der Waals surface area contributed by atoms with Gasteiger partial charge in [-0.05, 0) is 78.8 Å². The van der Waals surface area contributed by atoms with Crippen molar-refractivity contribution < 1.29 is 0 Å². The predicted octanol–water partition coefficient (Wildman–Crippen LogP) is 5.40. The summed E-state index contributed by atoms with van der Waals surface area (Å²) in [6, 6.07) is 11.8. The molecular weight excluding hydrogens is 504 g/mol. The zero-order valence-corrected chi connectivity index (χ0v) is 22.0. The number of benzene rings is 1. The van der Waals surface area contributed by atoms with Gasteiger partial charge in [0.05, 0.1) is 0 Å². The van der Waals surface area contributed by atoms with Crippen molar-refractivity contribution in [1.82, 2.24) is 29.2 Å². The number of H-pyrrole nitrogens is 1. The molecule has 1 aromatic carbocycles. The largest absolute Gasteiger partial charge is 0.353 e. The first-order valence-corrected chi connectivity index (χ1v) is 13.4. The molecule has 0 bridgehead atoms. The summed E-state index contributed by atoms with van der Waals surface area (Å²) in [6.07, 6.45) is 10.1. The third kappa shape index (κ3) is 5.14. The van der Waals surface area contributed by atoms with Crippen LogP contribution >= 0.6 is 15.9 Å². The Labute approximate surface area is 214 Å². The van der Waals surface area contributed by atoms with E-state index in [4.69, 9.17) is 0 Å². The molecule has 2 aliphatic rings. The van der Waals surface area contributed by atoms with Crippen molar-refractivity contribution in [3.8, 4) is 5.69 Å². The summed E-state index contributed by atoms with van der Waals surface area (Å²) >= 11 is 3.61. The molecule has 7 nitrogen and oxygen atoms in total. The maximum Gasteiger partial charge on any atom is 0.279 e. The van der Waals surface area contributed by atoms with E-state index in [1.165, 1.54) is 37.9 Å². The van der Waals surface area contributed by atoms with Gasteiger partial charge in [0.25, 0.3) is 5.56 Å². The number of nitrogens with zero attached hydrogens (tertiary/aromatic N) is 5. The molecule has 1 saturated heterocycles. The molecule has 35 heavy (non-hydrogen) atoms. The van der Waals surface area contributed by atoms with Crippen molar-refractivity contribution in [2.75, 3.05) is 13.1 Å². The number of aromatic amines is 1. The second-order valence-corrected chi connectivity index (χ2v) is 10.7. The van der Waals surface area contributed by atoms with Crippen LogP contribution in [0.3, 0.4) is 0 Å². The molecule has 1 N–H and O–H groups in total. The second kappa shape index (κ2) is 10.5. The molecule has 4 heterocycles. The fraction of sp³-hybridized carbons (Fsp3) is 0.444. The minimum absolute atomic E-state index is 0.0120. The third-order valence-corrected chi connectivity index (χ3v) is 7.99. The molecule has 4 aromatic rings. The van der Waals surface area contributed by atoms with Crippen LogP contribution in [0.25, 0.3) is 16.6 Å². The lowest BCUT2D eigenvalue weighted by atomic mass is 9.73. The van der Waals surface area contributed by atoms with E-state index in [1.807, 2.05) is 48.1 Å². The average Bonchev–Trinajstić information content (AvgIpc) is 3.59. The van der Waals surface area contributed by atoms with E-state index in [0.29, 0.717) is 11.4 Å². The number of likely N-dealkylation sites (tertiary alicyclic amines) is 1. The van der Waals surface area contributed by atoms with Crippen molar-refractivity contribution in [3.05, 3.63) is 75.3 Å². The minimum Gasteiger partial charge on any atom is -0.353 e. The van der Waals surface area contributed by atoms with Crippen molar-refractivity contribution in [3.63, 3.8) is 0 Å². The Morgan fingerprint density at radius 1 is 1.14 bits per heavy atom. The van der Waals surface area contributed by atoms with Gasteiger partial charge in [-0.15, -0.1) is 10.2 Å². The highest BCUT2D eigenvalue weighted by molar-refractivity contribution is 9.10.